The van der Waals surface area contributed by atoms with Crippen molar-refractivity contribution in [2.24, 2.45) is 10.4 Å². The second-order valence-electron chi connectivity index (χ2n) is 9.55. The Balaban J connectivity index is 0.00000165. The monoisotopic (exact) mass is 449 g/mol. The van der Waals surface area contributed by atoms with E-state index >= 15 is 0 Å². The number of phenolic OH excluding ortho intramolecular Hbond substituents is 1. The molecule has 0 bridgehead atoms. The molecular weight excluding hydrogens is 398 g/mol. The SMILES string of the molecule is CC.CCC.CCSC(C)CCC1(CC)CCC1N=Cc1cccc(C(C)(C)C)c1O. The molecule has 1 aromatic rings. The highest BCUT2D eigenvalue weighted by Crippen LogP contribution is 2.50. The minimum Gasteiger partial charge on any atom is -0.507 e. The van der Waals surface area contributed by atoms with Crippen LogP contribution in [0.5, 0.6) is 5.75 Å². The molecule has 0 amide bonds. The zero-order chi connectivity index (χ0) is 24.1. The van der Waals surface area contributed by atoms with Crippen molar-refractivity contribution in [2.45, 2.75) is 124 Å². The highest BCUT2D eigenvalue weighted by atomic mass is 32.2. The molecule has 2 rings (SSSR count). The molecule has 1 N–H and O–H groups in total. The fraction of sp³-hybridized carbons (Fsp3) is 0.750. The number of phenols is 1. The number of aliphatic imine (C=N–C) groups is 1. The molecule has 1 fully saturated rings. The zero-order valence-corrected chi connectivity index (χ0v) is 23.0. The van der Waals surface area contributed by atoms with Crippen LogP contribution in [-0.4, -0.2) is 28.4 Å². The molecule has 180 valence electrons. The van der Waals surface area contributed by atoms with Gasteiger partial charge in [0.15, 0.2) is 0 Å². The molecule has 1 aromatic carbocycles. The van der Waals surface area contributed by atoms with E-state index in [0.717, 1.165) is 16.4 Å². The van der Waals surface area contributed by atoms with Crippen LogP contribution in [0.25, 0.3) is 0 Å². The Morgan fingerprint density at radius 3 is 2.26 bits per heavy atom. The summed E-state index contributed by atoms with van der Waals surface area (Å²) >= 11 is 2.06. The maximum atomic E-state index is 10.7. The summed E-state index contributed by atoms with van der Waals surface area (Å²) in [6, 6.07) is 6.42. The third kappa shape index (κ3) is 9.20. The second kappa shape index (κ2) is 15.0. The smallest absolute Gasteiger partial charge is 0.128 e. The molecule has 0 radical (unpaired) electrons. The van der Waals surface area contributed by atoms with Gasteiger partial charge in [0, 0.05) is 17.0 Å². The van der Waals surface area contributed by atoms with Crippen LogP contribution in [-0.2, 0) is 5.41 Å². The minimum atomic E-state index is -0.0648. The van der Waals surface area contributed by atoms with E-state index in [1.54, 1.807) is 0 Å². The fourth-order valence-corrected chi connectivity index (χ4v) is 4.95. The number of hydrogen-bond acceptors (Lipinski definition) is 3. The van der Waals surface area contributed by atoms with Crippen LogP contribution in [0.3, 0.4) is 0 Å². The lowest BCUT2D eigenvalue weighted by molar-refractivity contribution is 0.0758. The lowest BCUT2D eigenvalue weighted by Gasteiger charge is -2.48. The largest absolute Gasteiger partial charge is 0.507 e. The molecule has 3 heteroatoms. The average Bonchev–Trinajstić information content (AvgIpc) is 2.70. The maximum absolute atomic E-state index is 10.7. The number of aromatic hydroxyl groups is 1. The van der Waals surface area contributed by atoms with E-state index in [2.05, 4.69) is 67.2 Å². The van der Waals surface area contributed by atoms with Crippen LogP contribution in [0.4, 0.5) is 0 Å². The first kappa shape index (κ1) is 30.0. The molecule has 0 aliphatic heterocycles. The van der Waals surface area contributed by atoms with Crippen LogP contribution in [0.1, 0.15) is 119 Å². The summed E-state index contributed by atoms with van der Waals surface area (Å²) in [5.41, 5.74) is 2.15. The lowest BCUT2D eigenvalue weighted by Crippen LogP contribution is -2.43. The third-order valence-corrected chi connectivity index (χ3v) is 7.23. The number of benzene rings is 1. The predicted molar refractivity (Wildman–Crippen MR) is 144 cm³/mol. The summed E-state index contributed by atoms with van der Waals surface area (Å²) in [7, 11) is 0. The van der Waals surface area contributed by atoms with Crippen molar-refractivity contribution in [1.82, 2.24) is 0 Å². The summed E-state index contributed by atoms with van der Waals surface area (Å²) in [6.07, 6.45) is 9.40. The van der Waals surface area contributed by atoms with Crippen molar-refractivity contribution in [3.63, 3.8) is 0 Å². The number of nitrogens with zero attached hydrogens (tertiary/aromatic N) is 1. The molecule has 0 aromatic heterocycles. The van der Waals surface area contributed by atoms with Crippen molar-refractivity contribution in [2.75, 3.05) is 5.75 Å². The van der Waals surface area contributed by atoms with Gasteiger partial charge in [-0.3, -0.25) is 4.99 Å². The molecule has 2 nitrogen and oxygen atoms in total. The first-order valence-electron chi connectivity index (χ1n) is 12.6. The molecule has 0 heterocycles. The van der Waals surface area contributed by atoms with Gasteiger partial charge in [0.05, 0.1) is 6.04 Å². The van der Waals surface area contributed by atoms with Gasteiger partial charge in [-0.15, -0.1) is 0 Å². The summed E-state index contributed by atoms with van der Waals surface area (Å²) in [5.74, 6) is 1.59. The van der Waals surface area contributed by atoms with Gasteiger partial charge in [-0.2, -0.15) is 11.8 Å². The minimum absolute atomic E-state index is 0.0648. The number of rotatable bonds is 8. The van der Waals surface area contributed by atoms with Gasteiger partial charge < -0.3 is 5.11 Å². The molecule has 31 heavy (non-hydrogen) atoms. The van der Waals surface area contributed by atoms with Crippen LogP contribution in [0, 0.1) is 5.41 Å². The zero-order valence-electron chi connectivity index (χ0n) is 22.2. The van der Waals surface area contributed by atoms with E-state index in [1.165, 1.54) is 44.3 Å². The second-order valence-corrected chi connectivity index (χ2v) is 11.3. The summed E-state index contributed by atoms with van der Waals surface area (Å²) in [5, 5.41) is 11.4. The lowest BCUT2D eigenvalue weighted by atomic mass is 9.60. The highest BCUT2D eigenvalue weighted by Gasteiger charge is 2.44. The molecule has 1 aliphatic carbocycles. The highest BCUT2D eigenvalue weighted by molar-refractivity contribution is 7.99. The summed E-state index contributed by atoms with van der Waals surface area (Å²) in [6.45, 7) is 21.6. The topological polar surface area (TPSA) is 32.6 Å². The van der Waals surface area contributed by atoms with Gasteiger partial charge in [0.1, 0.15) is 5.75 Å². The van der Waals surface area contributed by atoms with Crippen molar-refractivity contribution in [3.8, 4) is 5.75 Å². The number of hydrogen-bond donors (Lipinski definition) is 1. The van der Waals surface area contributed by atoms with Crippen LogP contribution < -0.4 is 0 Å². The molecule has 1 aliphatic rings. The Morgan fingerprint density at radius 2 is 1.81 bits per heavy atom. The van der Waals surface area contributed by atoms with E-state index in [0.29, 0.717) is 17.2 Å². The quantitative estimate of drug-likeness (QED) is 0.401. The average molecular weight is 450 g/mol. The number of para-hydroxylation sites is 1. The third-order valence-electron chi connectivity index (χ3n) is 6.10. The molecular formula is C28H51NOS. The number of thioether (sulfide) groups is 1. The Morgan fingerprint density at radius 1 is 1.19 bits per heavy atom. The molecule has 3 atom stereocenters. The summed E-state index contributed by atoms with van der Waals surface area (Å²) in [4.78, 5) is 4.94. The summed E-state index contributed by atoms with van der Waals surface area (Å²) < 4.78 is 0. The van der Waals surface area contributed by atoms with Crippen LogP contribution in [0.2, 0.25) is 0 Å². The first-order valence-corrected chi connectivity index (χ1v) is 13.7. The van der Waals surface area contributed by atoms with Crippen molar-refractivity contribution < 1.29 is 5.11 Å². The normalized spacial score (nSPS) is 21.4. The van der Waals surface area contributed by atoms with Crippen molar-refractivity contribution in [3.05, 3.63) is 29.3 Å². The predicted octanol–water partition coefficient (Wildman–Crippen LogP) is 9.03. The van der Waals surface area contributed by atoms with E-state index in [-0.39, 0.29) is 5.41 Å². The van der Waals surface area contributed by atoms with Crippen molar-refractivity contribution in [1.29, 1.82) is 0 Å². The maximum Gasteiger partial charge on any atom is 0.128 e. The van der Waals surface area contributed by atoms with Gasteiger partial charge in [-0.05, 0) is 60.3 Å². The fourth-order valence-electron chi connectivity index (χ4n) is 4.09. The molecule has 0 spiro atoms. The Hall–Kier alpha value is -0.960. The van der Waals surface area contributed by atoms with Gasteiger partial charge >= 0.3 is 0 Å². The van der Waals surface area contributed by atoms with Gasteiger partial charge in [-0.25, -0.2) is 0 Å². The van der Waals surface area contributed by atoms with Crippen LogP contribution in [0.15, 0.2) is 23.2 Å². The van der Waals surface area contributed by atoms with E-state index < -0.39 is 0 Å². The molecule has 0 saturated heterocycles. The van der Waals surface area contributed by atoms with Gasteiger partial charge in [-0.1, -0.05) is 87.8 Å². The van der Waals surface area contributed by atoms with E-state index in [4.69, 9.17) is 4.99 Å². The van der Waals surface area contributed by atoms with E-state index in [9.17, 15) is 5.11 Å². The van der Waals surface area contributed by atoms with Crippen molar-refractivity contribution >= 4 is 18.0 Å². The first-order chi connectivity index (χ1) is 14.6. The van der Waals surface area contributed by atoms with Crippen LogP contribution >= 0.6 is 11.8 Å². The van der Waals surface area contributed by atoms with E-state index in [1.807, 2.05) is 38.3 Å². The standard InChI is InChI=1S/C23H37NOS.C3H8.C2H6/c1-7-23(14-12-17(3)26-8-2)15-13-20(23)24-16-18-10-9-11-19(21(18)25)22(4,5)6;1-3-2;1-2/h9-11,16-17,20,25H,7-8,12-15H2,1-6H3;3H2,1-2H3;1-2H3. The van der Waals surface area contributed by atoms with Gasteiger partial charge in [0.25, 0.3) is 0 Å². The Bertz CT molecular complexity index is 630. The van der Waals surface area contributed by atoms with Gasteiger partial charge in [0.2, 0.25) is 0 Å². The Kier molecular flexibility index (Phi) is 14.5. The molecule has 3 unspecified atom stereocenters. The Labute approximate surface area is 198 Å². The molecule has 1 saturated carbocycles.